The lowest BCUT2D eigenvalue weighted by atomic mass is 9.87. The van der Waals surface area contributed by atoms with Crippen molar-refractivity contribution in [2.75, 3.05) is 13.2 Å². The maximum absolute atomic E-state index is 11.9. The van der Waals surface area contributed by atoms with Gasteiger partial charge in [0.15, 0.2) is 0 Å². The number of nitrogens with zero attached hydrogens (tertiary/aromatic N) is 2. The third-order valence-corrected chi connectivity index (χ3v) is 4.04. The van der Waals surface area contributed by atoms with Crippen LogP contribution in [0.2, 0.25) is 0 Å². The van der Waals surface area contributed by atoms with E-state index < -0.39 is 0 Å². The van der Waals surface area contributed by atoms with Crippen LogP contribution in [0.15, 0.2) is 6.20 Å². The quantitative estimate of drug-likeness (QED) is 0.772. The molecule has 0 aromatic carbocycles. The highest BCUT2D eigenvalue weighted by atomic mass is 16.5. The summed E-state index contributed by atoms with van der Waals surface area (Å²) in [7, 11) is 1.82. The number of hydrogen-bond acceptors (Lipinski definition) is 5. The van der Waals surface area contributed by atoms with E-state index in [0.717, 1.165) is 37.9 Å². The highest BCUT2D eigenvalue weighted by Crippen LogP contribution is 2.23. The summed E-state index contributed by atoms with van der Waals surface area (Å²) in [6.07, 6.45) is 5.43. The fourth-order valence-corrected chi connectivity index (χ4v) is 2.89. The summed E-state index contributed by atoms with van der Waals surface area (Å²) in [5, 5.41) is 17.2. The Morgan fingerprint density at radius 2 is 2.38 bits per heavy atom. The summed E-state index contributed by atoms with van der Waals surface area (Å²) >= 11 is 0. The molecule has 1 aliphatic carbocycles. The largest absolute Gasteiger partial charge is 0.462 e. The van der Waals surface area contributed by atoms with Crippen molar-refractivity contribution in [3.8, 4) is 0 Å². The number of aliphatic hydroxyl groups excluding tert-OH is 1. The monoisotopic (exact) mass is 295 g/mol. The molecule has 0 bridgehead atoms. The van der Waals surface area contributed by atoms with Crippen LogP contribution in [0.5, 0.6) is 0 Å². The van der Waals surface area contributed by atoms with Gasteiger partial charge in [0.05, 0.1) is 24.6 Å². The predicted molar refractivity (Wildman–Crippen MR) is 78.8 cm³/mol. The standard InChI is InChI=1S/C15H25N3O3/c1-3-21-15(20)13-9-17-18(2)14(13)10-16-8-11-5-4-6-12(19)7-11/h9,11-12,16,19H,3-8,10H2,1-2H3. The molecular weight excluding hydrogens is 270 g/mol. The molecule has 1 saturated carbocycles. The van der Waals surface area contributed by atoms with Gasteiger partial charge in [0.2, 0.25) is 0 Å². The van der Waals surface area contributed by atoms with Gasteiger partial charge in [0.1, 0.15) is 5.56 Å². The average molecular weight is 295 g/mol. The van der Waals surface area contributed by atoms with Gasteiger partial charge in [-0.3, -0.25) is 4.68 Å². The molecule has 2 rings (SSSR count). The normalized spacial score (nSPS) is 22.2. The number of nitrogens with one attached hydrogen (secondary N) is 1. The molecule has 0 amide bonds. The minimum atomic E-state index is -0.324. The van der Waals surface area contributed by atoms with E-state index in [-0.39, 0.29) is 12.1 Å². The molecule has 0 radical (unpaired) electrons. The second-order valence-electron chi connectivity index (χ2n) is 5.67. The Bertz CT molecular complexity index is 473. The molecule has 1 fully saturated rings. The van der Waals surface area contributed by atoms with Crippen LogP contribution in [0.1, 0.15) is 48.7 Å². The minimum Gasteiger partial charge on any atom is -0.462 e. The van der Waals surface area contributed by atoms with Crippen molar-refractivity contribution in [1.29, 1.82) is 0 Å². The fraction of sp³-hybridized carbons (Fsp3) is 0.733. The number of carbonyl (C=O) groups excluding carboxylic acids is 1. The first-order valence-electron chi connectivity index (χ1n) is 7.68. The zero-order valence-corrected chi connectivity index (χ0v) is 12.8. The number of aliphatic hydroxyl groups is 1. The van der Waals surface area contributed by atoms with E-state index in [4.69, 9.17) is 4.74 Å². The highest BCUT2D eigenvalue weighted by molar-refractivity contribution is 5.90. The Kier molecular flexibility index (Phi) is 5.76. The average Bonchev–Trinajstić information content (AvgIpc) is 2.81. The van der Waals surface area contributed by atoms with Crippen molar-refractivity contribution in [2.24, 2.45) is 13.0 Å². The molecule has 6 heteroatoms. The van der Waals surface area contributed by atoms with Gasteiger partial charge in [0.25, 0.3) is 0 Å². The zero-order chi connectivity index (χ0) is 15.2. The topological polar surface area (TPSA) is 76.4 Å². The number of hydrogen-bond donors (Lipinski definition) is 2. The van der Waals surface area contributed by atoms with E-state index >= 15 is 0 Å². The summed E-state index contributed by atoms with van der Waals surface area (Å²) in [5.74, 6) is 0.184. The maximum Gasteiger partial charge on any atom is 0.341 e. The molecule has 118 valence electrons. The van der Waals surface area contributed by atoms with Crippen LogP contribution in [0.4, 0.5) is 0 Å². The molecule has 0 spiro atoms. The van der Waals surface area contributed by atoms with Gasteiger partial charge in [-0.05, 0) is 38.6 Å². The van der Waals surface area contributed by atoms with Gasteiger partial charge in [0, 0.05) is 13.6 Å². The molecule has 1 aromatic heterocycles. The molecule has 2 atom stereocenters. The van der Waals surface area contributed by atoms with E-state index in [1.54, 1.807) is 17.8 Å². The first-order chi connectivity index (χ1) is 10.1. The van der Waals surface area contributed by atoms with Gasteiger partial charge >= 0.3 is 5.97 Å². The van der Waals surface area contributed by atoms with E-state index in [1.807, 2.05) is 7.05 Å². The third kappa shape index (κ3) is 4.28. The minimum absolute atomic E-state index is 0.155. The smallest absolute Gasteiger partial charge is 0.341 e. The SMILES string of the molecule is CCOC(=O)c1cnn(C)c1CNCC1CCCC(O)C1. The van der Waals surface area contributed by atoms with E-state index in [9.17, 15) is 9.90 Å². The maximum atomic E-state index is 11.9. The van der Waals surface area contributed by atoms with Gasteiger partial charge in [-0.25, -0.2) is 4.79 Å². The summed E-state index contributed by atoms with van der Waals surface area (Å²) in [6.45, 7) is 3.59. The van der Waals surface area contributed by atoms with E-state index in [1.165, 1.54) is 0 Å². The van der Waals surface area contributed by atoms with Crippen molar-refractivity contribution in [3.63, 3.8) is 0 Å². The number of rotatable bonds is 6. The molecule has 6 nitrogen and oxygen atoms in total. The second kappa shape index (κ2) is 7.56. The third-order valence-electron chi connectivity index (χ3n) is 4.04. The number of carbonyl (C=O) groups is 1. The van der Waals surface area contributed by atoms with Crippen LogP contribution in [0.3, 0.4) is 0 Å². The van der Waals surface area contributed by atoms with Gasteiger partial charge in [-0.15, -0.1) is 0 Å². The highest BCUT2D eigenvalue weighted by Gasteiger charge is 2.21. The van der Waals surface area contributed by atoms with Crippen molar-refractivity contribution in [3.05, 3.63) is 17.5 Å². The molecule has 2 unspecified atom stereocenters. The van der Waals surface area contributed by atoms with Crippen LogP contribution < -0.4 is 5.32 Å². The van der Waals surface area contributed by atoms with Crippen LogP contribution in [-0.4, -0.2) is 40.1 Å². The second-order valence-corrected chi connectivity index (χ2v) is 5.67. The lowest BCUT2D eigenvalue weighted by Crippen LogP contribution is -2.29. The number of ether oxygens (including phenoxy) is 1. The van der Waals surface area contributed by atoms with Crippen molar-refractivity contribution in [2.45, 2.75) is 45.3 Å². The Balaban J connectivity index is 1.88. The Morgan fingerprint density at radius 3 is 3.10 bits per heavy atom. The van der Waals surface area contributed by atoms with Crippen LogP contribution in [0, 0.1) is 5.92 Å². The number of aryl methyl sites for hydroxylation is 1. The van der Waals surface area contributed by atoms with Crippen LogP contribution in [0.25, 0.3) is 0 Å². The molecule has 0 aliphatic heterocycles. The molecule has 1 aliphatic rings. The molecule has 1 heterocycles. The predicted octanol–water partition coefficient (Wildman–Crippen LogP) is 1.24. The van der Waals surface area contributed by atoms with Crippen molar-refractivity contribution >= 4 is 5.97 Å². The summed E-state index contributed by atoms with van der Waals surface area (Å²) < 4.78 is 6.74. The molecule has 1 aromatic rings. The first-order valence-corrected chi connectivity index (χ1v) is 7.68. The first kappa shape index (κ1) is 16.0. The molecule has 21 heavy (non-hydrogen) atoms. The Hall–Kier alpha value is -1.40. The lowest BCUT2D eigenvalue weighted by Gasteiger charge is -2.26. The van der Waals surface area contributed by atoms with Gasteiger partial charge in [-0.2, -0.15) is 5.10 Å². The number of aromatic nitrogens is 2. The zero-order valence-electron chi connectivity index (χ0n) is 12.8. The number of esters is 1. The van der Waals surface area contributed by atoms with Crippen molar-refractivity contribution < 1.29 is 14.6 Å². The van der Waals surface area contributed by atoms with Crippen LogP contribution >= 0.6 is 0 Å². The van der Waals surface area contributed by atoms with Gasteiger partial charge in [-0.1, -0.05) is 6.42 Å². The molecular formula is C15H25N3O3. The van der Waals surface area contributed by atoms with Crippen LogP contribution in [-0.2, 0) is 18.3 Å². The molecule has 0 saturated heterocycles. The summed E-state index contributed by atoms with van der Waals surface area (Å²) in [4.78, 5) is 11.9. The Labute approximate surface area is 125 Å². The van der Waals surface area contributed by atoms with E-state index in [2.05, 4.69) is 10.4 Å². The van der Waals surface area contributed by atoms with E-state index in [0.29, 0.717) is 24.6 Å². The van der Waals surface area contributed by atoms with Gasteiger partial charge < -0.3 is 15.2 Å². The van der Waals surface area contributed by atoms with Crippen molar-refractivity contribution in [1.82, 2.24) is 15.1 Å². The lowest BCUT2D eigenvalue weighted by molar-refractivity contribution is 0.0524. The molecule has 2 N–H and O–H groups in total. The Morgan fingerprint density at radius 1 is 1.57 bits per heavy atom. The fourth-order valence-electron chi connectivity index (χ4n) is 2.89. The summed E-state index contributed by atoms with van der Waals surface area (Å²) in [6, 6.07) is 0. The summed E-state index contributed by atoms with van der Waals surface area (Å²) in [5.41, 5.74) is 1.36.